The van der Waals surface area contributed by atoms with E-state index in [0.717, 1.165) is 16.5 Å². The number of hydrogen-bond donors (Lipinski definition) is 0. The number of aromatic nitrogens is 4. The van der Waals surface area contributed by atoms with Crippen molar-refractivity contribution in [2.24, 2.45) is 0 Å². The Morgan fingerprint density at radius 3 is 2.47 bits per heavy atom. The molecule has 0 saturated carbocycles. The Balaban J connectivity index is 1.67. The molecule has 3 heterocycles. The van der Waals surface area contributed by atoms with E-state index in [9.17, 15) is 8.42 Å². The molecule has 8 nitrogen and oxygen atoms in total. The van der Waals surface area contributed by atoms with Crippen molar-refractivity contribution in [2.45, 2.75) is 18.7 Å². The van der Waals surface area contributed by atoms with Crippen LogP contribution >= 0.6 is 0 Å². The molecule has 2 aromatic carbocycles. The van der Waals surface area contributed by atoms with E-state index in [1.807, 2.05) is 37.3 Å². The van der Waals surface area contributed by atoms with Crippen LogP contribution in [0.25, 0.3) is 27.8 Å². The summed E-state index contributed by atoms with van der Waals surface area (Å²) in [6.07, 6.45) is 0. The van der Waals surface area contributed by atoms with Crippen LogP contribution in [-0.4, -0.2) is 58.8 Å². The van der Waals surface area contributed by atoms with Gasteiger partial charge >= 0.3 is 0 Å². The molecule has 4 aromatic rings. The standard InChI is InChI=1S/C21H21N5O3S/c1-14-7-8-16(13-19(14)30(27,28)25-9-11-29-12-10-25)20-22-23-21-18-6-4-3-5-17(18)15(2)24-26(20)21/h3-8,13H,9-12H2,1-2H3. The van der Waals surface area contributed by atoms with Gasteiger partial charge < -0.3 is 4.74 Å². The van der Waals surface area contributed by atoms with E-state index in [1.165, 1.54) is 4.31 Å². The van der Waals surface area contributed by atoms with Gasteiger partial charge in [0.15, 0.2) is 11.5 Å². The SMILES string of the molecule is Cc1ccc(-c2nnc3c4ccccc4c(C)nn23)cc1S(=O)(=O)N1CCOCC1. The summed E-state index contributed by atoms with van der Waals surface area (Å²) in [5.41, 5.74) is 2.84. The number of ether oxygens (including phenoxy) is 1. The molecule has 0 unspecified atom stereocenters. The quantitative estimate of drug-likeness (QED) is 0.503. The fraction of sp³-hybridized carbons (Fsp3) is 0.286. The Kier molecular flexibility index (Phi) is 4.53. The fourth-order valence-electron chi connectivity index (χ4n) is 3.86. The van der Waals surface area contributed by atoms with Crippen LogP contribution in [0.4, 0.5) is 0 Å². The summed E-state index contributed by atoms with van der Waals surface area (Å²) in [4.78, 5) is 0.274. The number of morpholine rings is 1. The minimum atomic E-state index is -3.63. The van der Waals surface area contributed by atoms with E-state index in [-0.39, 0.29) is 4.90 Å². The second-order valence-corrected chi connectivity index (χ2v) is 9.29. The summed E-state index contributed by atoms with van der Waals surface area (Å²) in [6.45, 7) is 5.26. The normalized spacial score (nSPS) is 15.8. The van der Waals surface area contributed by atoms with Gasteiger partial charge in [-0.05, 0) is 25.5 Å². The maximum absolute atomic E-state index is 13.2. The van der Waals surface area contributed by atoms with Crippen LogP contribution in [0.3, 0.4) is 0 Å². The lowest BCUT2D eigenvalue weighted by Gasteiger charge is -2.26. The number of fused-ring (bicyclic) bond motifs is 3. The van der Waals surface area contributed by atoms with Crippen LogP contribution in [0, 0.1) is 13.8 Å². The molecule has 1 saturated heterocycles. The molecule has 0 amide bonds. The summed E-state index contributed by atoms with van der Waals surface area (Å²) in [5.74, 6) is 0.511. The second-order valence-electron chi connectivity index (χ2n) is 7.39. The Bertz CT molecular complexity index is 1370. The van der Waals surface area contributed by atoms with Crippen molar-refractivity contribution >= 4 is 26.4 Å². The van der Waals surface area contributed by atoms with Gasteiger partial charge in [-0.2, -0.15) is 13.9 Å². The largest absolute Gasteiger partial charge is 0.379 e. The van der Waals surface area contributed by atoms with Crippen LogP contribution in [0.5, 0.6) is 0 Å². The molecule has 9 heteroatoms. The van der Waals surface area contributed by atoms with Crippen molar-refractivity contribution in [3.8, 4) is 11.4 Å². The molecule has 154 valence electrons. The smallest absolute Gasteiger partial charge is 0.243 e. The molecular weight excluding hydrogens is 402 g/mol. The Labute approximate surface area is 174 Å². The number of sulfonamides is 1. The molecule has 0 N–H and O–H groups in total. The molecule has 0 atom stereocenters. The number of nitrogens with zero attached hydrogens (tertiary/aromatic N) is 5. The van der Waals surface area contributed by atoms with Gasteiger partial charge in [0.2, 0.25) is 10.0 Å². The maximum atomic E-state index is 13.2. The zero-order valence-corrected chi connectivity index (χ0v) is 17.6. The minimum Gasteiger partial charge on any atom is -0.379 e. The zero-order valence-electron chi connectivity index (χ0n) is 16.7. The van der Waals surface area contributed by atoms with Crippen molar-refractivity contribution in [3.63, 3.8) is 0 Å². The van der Waals surface area contributed by atoms with Gasteiger partial charge in [0.05, 0.1) is 23.8 Å². The number of aryl methyl sites for hydroxylation is 2. The summed E-state index contributed by atoms with van der Waals surface area (Å²) >= 11 is 0. The van der Waals surface area contributed by atoms with Crippen molar-refractivity contribution in [3.05, 3.63) is 53.7 Å². The summed E-state index contributed by atoms with van der Waals surface area (Å²) < 4.78 is 34.9. The van der Waals surface area contributed by atoms with Gasteiger partial charge in [0.1, 0.15) is 0 Å². The predicted octanol–water partition coefficient (Wildman–Crippen LogP) is 2.58. The van der Waals surface area contributed by atoms with Crippen LogP contribution in [0.2, 0.25) is 0 Å². The van der Waals surface area contributed by atoms with Gasteiger partial charge in [-0.3, -0.25) is 0 Å². The molecule has 1 aliphatic rings. The molecule has 30 heavy (non-hydrogen) atoms. The van der Waals surface area contributed by atoms with E-state index in [1.54, 1.807) is 23.6 Å². The van der Waals surface area contributed by atoms with E-state index in [4.69, 9.17) is 4.74 Å². The zero-order chi connectivity index (χ0) is 20.9. The summed E-state index contributed by atoms with van der Waals surface area (Å²) in [5, 5.41) is 15.3. The molecule has 0 spiro atoms. The monoisotopic (exact) mass is 423 g/mol. The molecule has 2 aromatic heterocycles. The first-order valence-corrected chi connectivity index (χ1v) is 11.2. The highest BCUT2D eigenvalue weighted by atomic mass is 32.2. The molecule has 1 aliphatic heterocycles. The van der Waals surface area contributed by atoms with Gasteiger partial charge in [0, 0.05) is 29.4 Å². The highest BCUT2D eigenvalue weighted by Gasteiger charge is 2.28. The van der Waals surface area contributed by atoms with E-state index >= 15 is 0 Å². The average Bonchev–Trinajstić information content (AvgIpc) is 3.19. The van der Waals surface area contributed by atoms with Crippen molar-refractivity contribution in [2.75, 3.05) is 26.3 Å². The lowest BCUT2D eigenvalue weighted by Crippen LogP contribution is -2.40. The highest BCUT2D eigenvalue weighted by Crippen LogP contribution is 2.28. The highest BCUT2D eigenvalue weighted by molar-refractivity contribution is 7.89. The third-order valence-electron chi connectivity index (χ3n) is 5.48. The van der Waals surface area contributed by atoms with Crippen LogP contribution in [-0.2, 0) is 14.8 Å². The minimum absolute atomic E-state index is 0.274. The van der Waals surface area contributed by atoms with Crippen molar-refractivity contribution in [1.29, 1.82) is 0 Å². The van der Waals surface area contributed by atoms with Crippen molar-refractivity contribution < 1.29 is 13.2 Å². The summed E-state index contributed by atoms with van der Waals surface area (Å²) in [7, 11) is -3.63. The number of rotatable bonds is 3. The third-order valence-corrected chi connectivity index (χ3v) is 7.52. The lowest BCUT2D eigenvalue weighted by atomic mass is 10.1. The van der Waals surface area contributed by atoms with Gasteiger partial charge in [-0.1, -0.05) is 36.4 Å². The van der Waals surface area contributed by atoms with E-state index < -0.39 is 10.0 Å². The Morgan fingerprint density at radius 1 is 0.967 bits per heavy atom. The number of benzene rings is 2. The topological polar surface area (TPSA) is 89.7 Å². The Hall–Kier alpha value is -2.88. The fourth-order valence-corrected chi connectivity index (χ4v) is 5.52. The average molecular weight is 423 g/mol. The Morgan fingerprint density at radius 2 is 1.70 bits per heavy atom. The molecule has 1 fully saturated rings. The van der Waals surface area contributed by atoms with Gasteiger partial charge in [-0.15, -0.1) is 10.2 Å². The number of hydrogen-bond acceptors (Lipinski definition) is 6. The van der Waals surface area contributed by atoms with Crippen LogP contribution in [0.1, 0.15) is 11.3 Å². The molecular formula is C21H21N5O3S. The van der Waals surface area contributed by atoms with Gasteiger partial charge in [-0.25, -0.2) is 8.42 Å². The maximum Gasteiger partial charge on any atom is 0.243 e. The first kappa shape index (κ1) is 19.1. The second kappa shape index (κ2) is 7.12. The predicted molar refractivity (Wildman–Crippen MR) is 113 cm³/mol. The van der Waals surface area contributed by atoms with Crippen LogP contribution < -0.4 is 0 Å². The molecule has 5 rings (SSSR count). The van der Waals surface area contributed by atoms with Crippen molar-refractivity contribution in [1.82, 2.24) is 24.1 Å². The lowest BCUT2D eigenvalue weighted by molar-refractivity contribution is 0.0730. The van der Waals surface area contributed by atoms with Crippen LogP contribution in [0.15, 0.2) is 47.4 Å². The molecule has 0 radical (unpaired) electrons. The van der Waals surface area contributed by atoms with Gasteiger partial charge in [0.25, 0.3) is 0 Å². The first-order valence-electron chi connectivity index (χ1n) is 9.76. The summed E-state index contributed by atoms with van der Waals surface area (Å²) in [6, 6.07) is 13.2. The molecule has 0 aliphatic carbocycles. The first-order chi connectivity index (χ1) is 14.5. The van der Waals surface area contributed by atoms with E-state index in [0.29, 0.717) is 48.9 Å². The molecule has 0 bridgehead atoms. The van der Waals surface area contributed by atoms with E-state index in [2.05, 4.69) is 15.3 Å². The third kappa shape index (κ3) is 2.97.